The molecule has 6 nitrogen and oxygen atoms in total. The van der Waals surface area contributed by atoms with Gasteiger partial charge in [-0.1, -0.05) is 29.8 Å². The number of piperazine rings is 1. The maximum Gasteiger partial charge on any atom is 0.260 e. The number of amides is 2. The minimum atomic E-state index is -0.129. The summed E-state index contributed by atoms with van der Waals surface area (Å²) in [6.45, 7) is 3.29. The second-order valence-electron chi connectivity index (χ2n) is 7.70. The molecule has 0 N–H and O–H groups in total. The van der Waals surface area contributed by atoms with E-state index in [9.17, 15) is 9.59 Å². The summed E-state index contributed by atoms with van der Waals surface area (Å²) in [5.74, 6) is -0.144. The SMILES string of the molecule is O=C(c1cccc(N2Cc3cccc(Cl)c3C2=O)c1)N1CCN(c2ccncc2)CC1. The smallest absolute Gasteiger partial charge is 0.260 e. The molecule has 5 rings (SSSR count). The van der Waals surface area contributed by atoms with Crippen molar-refractivity contribution >= 4 is 34.8 Å². The number of benzene rings is 2. The summed E-state index contributed by atoms with van der Waals surface area (Å²) in [5.41, 5.74) is 3.87. The van der Waals surface area contributed by atoms with E-state index < -0.39 is 0 Å². The Morgan fingerprint density at radius 2 is 1.65 bits per heavy atom. The van der Waals surface area contributed by atoms with Crippen LogP contribution in [0.25, 0.3) is 0 Å². The maximum absolute atomic E-state index is 13.1. The van der Waals surface area contributed by atoms with Gasteiger partial charge >= 0.3 is 0 Å². The second kappa shape index (κ2) is 8.04. The van der Waals surface area contributed by atoms with Gasteiger partial charge < -0.3 is 14.7 Å². The second-order valence-corrected chi connectivity index (χ2v) is 8.11. The average Bonchev–Trinajstić information content (AvgIpc) is 3.17. The van der Waals surface area contributed by atoms with E-state index in [-0.39, 0.29) is 11.8 Å². The number of halogens is 1. The van der Waals surface area contributed by atoms with Gasteiger partial charge in [0.1, 0.15) is 0 Å². The Balaban J connectivity index is 1.30. The zero-order valence-corrected chi connectivity index (χ0v) is 17.6. The zero-order valence-electron chi connectivity index (χ0n) is 16.9. The van der Waals surface area contributed by atoms with Crippen molar-refractivity contribution in [3.8, 4) is 0 Å². The Morgan fingerprint density at radius 1 is 0.903 bits per heavy atom. The molecule has 7 heteroatoms. The van der Waals surface area contributed by atoms with Gasteiger partial charge in [0.05, 0.1) is 17.1 Å². The van der Waals surface area contributed by atoms with Crippen LogP contribution in [0.3, 0.4) is 0 Å². The minimum absolute atomic E-state index is 0.0154. The van der Waals surface area contributed by atoms with Crippen LogP contribution in [0.1, 0.15) is 26.3 Å². The molecule has 3 heterocycles. The van der Waals surface area contributed by atoms with Crippen LogP contribution in [-0.2, 0) is 6.54 Å². The van der Waals surface area contributed by atoms with E-state index in [1.165, 1.54) is 0 Å². The number of hydrogen-bond acceptors (Lipinski definition) is 4. The van der Waals surface area contributed by atoms with Crippen molar-refractivity contribution in [3.63, 3.8) is 0 Å². The first-order valence-corrected chi connectivity index (χ1v) is 10.6. The van der Waals surface area contributed by atoms with E-state index in [1.54, 1.807) is 29.4 Å². The largest absolute Gasteiger partial charge is 0.368 e. The monoisotopic (exact) mass is 432 g/mol. The molecule has 156 valence electrons. The van der Waals surface area contributed by atoms with Crippen molar-refractivity contribution in [1.29, 1.82) is 0 Å². The number of rotatable bonds is 3. The molecule has 1 saturated heterocycles. The molecule has 0 atom stereocenters. The van der Waals surface area contributed by atoms with Gasteiger partial charge in [-0.15, -0.1) is 0 Å². The van der Waals surface area contributed by atoms with Crippen LogP contribution in [0, 0.1) is 0 Å². The molecule has 2 amide bonds. The van der Waals surface area contributed by atoms with Gasteiger partial charge in [-0.25, -0.2) is 0 Å². The Hall–Kier alpha value is -3.38. The van der Waals surface area contributed by atoms with E-state index in [2.05, 4.69) is 9.88 Å². The summed E-state index contributed by atoms with van der Waals surface area (Å²) >= 11 is 6.24. The third-order valence-electron chi connectivity index (χ3n) is 5.89. The highest BCUT2D eigenvalue weighted by atomic mass is 35.5. The zero-order chi connectivity index (χ0) is 21.4. The number of anilines is 2. The summed E-state index contributed by atoms with van der Waals surface area (Å²) < 4.78 is 0. The predicted octanol–water partition coefficient (Wildman–Crippen LogP) is 3.86. The molecule has 31 heavy (non-hydrogen) atoms. The van der Waals surface area contributed by atoms with E-state index in [1.807, 2.05) is 47.4 Å². The van der Waals surface area contributed by atoms with Crippen LogP contribution >= 0.6 is 11.6 Å². The van der Waals surface area contributed by atoms with Crippen LogP contribution in [0.2, 0.25) is 5.02 Å². The van der Waals surface area contributed by atoms with Gasteiger partial charge in [-0.2, -0.15) is 0 Å². The van der Waals surface area contributed by atoms with Crippen LogP contribution in [0.5, 0.6) is 0 Å². The molecule has 0 aliphatic carbocycles. The fourth-order valence-corrected chi connectivity index (χ4v) is 4.51. The fraction of sp³-hybridized carbons (Fsp3) is 0.208. The number of nitrogens with zero attached hydrogens (tertiary/aromatic N) is 4. The number of carbonyl (C=O) groups excluding carboxylic acids is 2. The normalized spacial score (nSPS) is 15.9. The van der Waals surface area contributed by atoms with Gasteiger partial charge in [-0.3, -0.25) is 14.6 Å². The summed E-state index contributed by atoms with van der Waals surface area (Å²) in [6, 6.07) is 16.8. The highest BCUT2D eigenvalue weighted by Gasteiger charge is 2.31. The lowest BCUT2D eigenvalue weighted by molar-refractivity contribution is 0.0746. The molecule has 0 unspecified atom stereocenters. The number of pyridine rings is 1. The van der Waals surface area contributed by atoms with Gasteiger partial charge in [0.25, 0.3) is 11.8 Å². The fourth-order valence-electron chi connectivity index (χ4n) is 4.24. The third kappa shape index (κ3) is 3.64. The average molecular weight is 433 g/mol. The van der Waals surface area contributed by atoms with Gasteiger partial charge in [0.2, 0.25) is 0 Å². The van der Waals surface area contributed by atoms with Crippen LogP contribution in [0.4, 0.5) is 11.4 Å². The summed E-state index contributed by atoms with van der Waals surface area (Å²) in [4.78, 5) is 35.9. The van der Waals surface area contributed by atoms with E-state index in [0.29, 0.717) is 41.5 Å². The highest BCUT2D eigenvalue weighted by molar-refractivity contribution is 6.35. The van der Waals surface area contributed by atoms with Crippen molar-refractivity contribution in [2.45, 2.75) is 6.54 Å². The summed E-state index contributed by atoms with van der Waals surface area (Å²) in [6.07, 6.45) is 3.56. The van der Waals surface area contributed by atoms with E-state index in [0.717, 1.165) is 24.3 Å². The molecule has 2 aliphatic rings. The number of fused-ring (bicyclic) bond motifs is 1. The molecule has 1 fully saturated rings. The van der Waals surface area contributed by atoms with Crippen LogP contribution < -0.4 is 9.80 Å². The molecular formula is C24H21ClN4O2. The van der Waals surface area contributed by atoms with Crippen LogP contribution in [0.15, 0.2) is 67.0 Å². The molecule has 0 radical (unpaired) electrons. The quantitative estimate of drug-likeness (QED) is 0.630. The van der Waals surface area contributed by atoms with Crippen molar-refractivity contribution in [3.05, 3.63) is 88.7 Å². The van der Waals surface area contributed by atoms with Crippen molar-refractivity contribution in [2.75, 3.05) is 36.0 Å². The lowest BCUT2D eigenvalue weighted by Crippen LogP contribution is -2.48. The Kier molecular flexibility index (Phi) is 5.08. The molecule has 1 aromatic heterocycles. The molecule has 0 saturated carbocycles. The molecule has 2 aliphatic heterocycles. The highest BCUT2D eigenvalue weighted by Crippen LogP contribution is 2.33. The number of hydrogen-bond donors (Lipinski definition) is 0. The molecule has 0 bridgehead atoms. The first-order valence-electron chi connectivity index (χ1n) is 10.3. The lowest BCUT2D eigenvalue weighted by Gasteiger charge is -2.36. The number of carbonyl (C=O) groups is 2. The Morgan fingerprint density at radius 3 is 2.39 bits per heavy atom. The Bertz CT molecular complexity index is 1140. The van der Waals surface area contributed by atoms with Gasteiger partial charge in [0.15, 0.2) is 0 Å². The predicted molar refractivity (Wildman–Crippen MR) is 121 cm³/mol. The van der Waals surface area contributed by atoms with E-state index in [4.69, 9.17) is 11.6 Å². The van der Waals surface area contributed by atoms with Crippen molar-refractivity contribution in [2.24, 2.45) is 0 Å². The summed E-state index contributed by atoms with van der Waals surface area (Å²) in [5, 5.41) is 0.462. The van der Waals surface area contributed by atoms with Gasteiger partial charge in [0, 0.05) is 55.5 Å². The number of aromatic nitrogens is 1. The third-order valence-corrected chi connectivity index (χ3v) is 6.20. The first-order chi connectivity index (χ1) is 15.1. The minimum Gasteiger partial charge on any atom is -0.368 e. The molecule has 2 aromatic carbocycles. The maximum atomic E-state index is 13.1. The molecule has 3 aromatic rings. The molecule has 0 spiro atoms. The van der Waals surface area contributed by atoms with Gasteiger partial charge in [-0.05, 0) is 42.0 Å². The van der Waals surface area contributed by atoms with Crippen molar-refractivity contribution in [1.82, 2.24) is 9.88 Å². The van der Waals surface area contributed by atoms with Crippen molar-refractivity contribution < 1.29 is 9.59 Å². The van der Waals surface area contributed by atoms with E-state index >= 15 is 0 Å². The first kappa shape index (κ1) is 19.6. The topological polar surface area (TPSA) is 56.8 Å². The summed E-state index contributed by atoms with van der Waals surface area (Å²) in [7, 11) is 0. The Labute approximate surface area is 185 Å². The van der Waals surface area contributed by atoms with Crippen LogP contribution in [-0.4, -0.2) is 47.9 Å². The standard InChI is InChI=1S/C24H21ClN4O2/c25-21-6-2-4-18-16-29(24(31)22(18)21)20-5-1-3-17(15-20)23(30)28-13-11-27(12-14-28)19-7-9-26-10-8-19/h1-10,15H,11-14,16H2. The lowest BCUT2D eigenvalue weighted by atomic mass is 10.1. The molecular weight excluding hydrogens is 412 g/mol.